The number of aromatic nitrogens is 2. The molecule has 8 nitrogen and oxygen atoms in total. The molecule has 3 rings (SSSR count). The molecule has 0 aliphatic carbocycles. The molecule has 29 heavy (non-hydrogen) atoms. The molecule has 1 unspecified atom stereocenters. The Labute approximate surface area is 166 Å². The van der Waals surface area contributed by atoms with Crippen LogP contribution in [0.3, 0.4) is 0 Å². The fraction of sp³-hybridized carbons (Fsp3) is 0.250. The normalized spacial score (nSPS) is 11.6. The molecule has 1 heterocycles. The van der Waals surface area contributed by atoms with Crippen molar-refractivity contribution in [2.24, 2.45) is 0 Å². The van der Waals surface area contributed by atoms with Crippen molar-refractivity contribution in [1.82, 2.24) is 15.5 Å². The molecular weight excluding hydrogens is 381 g/mol. The minimum absolute atomic E-state index is 0.0660. The zero-order valence-corrected chi connectivity index (χ0v) is 16.4. The number of hydrogen-bond acceptors (Lipinski definition) is 7. The number of carbonyl (C=O) groups is 1. The maximum Gasteiger partial charge on any atom is 0.254 e. The number of ether oxygens (including phenoxy) is 3. The molecule has 1 atom stereocenters. The van der Waals surface area contributed by atoms with Crippen LogP contribution in [0, 0.1) is 5.82 Å². The number of carbonyl (C=O) groups excluding carboxylic acids is 1. The predicted octanol–water partition coefficient (Wildman–Crippen LogP) is 3.39. The van der Waals surface area contributed by atoms with E-state index >= 15 is 0 Å². The van der Waals surface area contributed by atoms with E-state index in [4.69, 9.17) is 18.7 Å². The van der Waals surface area contributed by atoms with E-state index in [9.17, 15) is 9.18 Å². The van der Waals surface area contributed by atoms with Crippen LogP contribution in [0.1, 0.15) is 29.2 Å². The van der Waals surface area contributed by atoms with Crippen molar-refractivity contribution in [2.45, 2.75) is 13.0 Å². The van der Waals surface area contributed by atoms with Crippen LogP contribution in [-0.2, 0) is 0 Å². The second-order valence-corrected chi connectivity index (χ2v) is 6.05. The van der Waals surface area contributed by atoms with Crippen molar-refractivity contribution in [3.63, 3.8) is 0 Å². The number of benzene rings is 2. The van der Waals surface area contributed by atoms with Crippen LogP contribution < -0.4 is 19.5 Å². The number of hydrogen-bond donors (Lipinski definition) is 1. The molecule has 3 aromatic rings. The SMILES string of the molecule is COc1cc(-c2noc(C(C)NC(=O)c3ccccc3F)n2)cc(OC)c1OC. The van der Waals surface area contributed by atoms with Gasteiger partial charge in [0, 0.05) is 5.56 Å². The van der Waals surface area contributed by atoms with Gasteiger partial charge in [-0.25, -0.2) is 4.39 Å². The number of nitrogens with zero attached hydrogens (tertiary/aromatic N) is 2. The molecule has 0 bridgehead atoms. The van der Waals surface area contributed by atoms with E-state index in [0.29, 0.717) is 22.8 Å². The topological polar surface area (TPSA) is 95.7 Å². The molecule has 0 fully saturated rings. The lowest BCUT2D eigenvalue weighted by atomic mass is 10.1. The van der Waals surface area contributed by atoms with Crippen LogP contribution in [0.4, 0.5) is 4.39 Å². The first-order valence-electron chi connectivity index (χ1n) is 8.67. The summed E-state index contributed by atoms with van der Waals surface area (Å²) in [5.74, 6) is 0.560. The van der Waals surface area contributed by atoms with Gasteiger partial charge in [-0.1, -0.05) is 17.3 Å². The fourth-order valence-corrected chi connectivity index (χ4v) is 2.72. The van der Waals surface area contributed by atoms with Crippen LogP contribution >= 0.6 is 0 Å². The molecule has 0 aliphatic heterocycles. The quantitative estimate of drug-likeness (QED) is 0.648. The second kappa shape index (κ2) is 8.59. The number of amides is 1. The third-order valence-corrected chi connectivity index (χ3v) is 4.20. The number of rotatable bonds is 7. The van der Waals surface area contributed by atoms with Gasteiger partial charge in [0.1, 0.15) is 11.9 Å². The predicted molar refractivity (Wildman–Crippen MR) is 102 cm³/mol. The Hall–Kier alpha value is -3.62. The lowest BCUT2D eigenvalue weighted by molar-refractivity contribution is 0.0928. The maximum atomic E-state index is 13.8. The minimum Gasteiger partial charge on any atom is -0.493 e. The van der Waals surface area contributed by atoms with Gasteiger partial charge in [0.05, 0.1) is 26.9 Å². The Balaban J connectivity index is 1.83. The first-order chi connectivity index (χ1) is 14.0. The summed E-state index contributed by atoms with van der Waals surface area (Å²) in [6.07, 6.45) is 0. The lowest BCUT2D eigenvalue weighted by Crippen LogP contribution is -2.27. The third-order valence-electron chi connectivity index (χ3n) is 4.20. The number of nitrogens with one attached hydrogen (secondary N) is 1. The van der Waals surface area contributed by atoms with Gasteiger partial charge in [0.25, 0.3) is 5.91 Å². The summed E-state index contributed by atoms with van der Waals surface area (Å²) in [5.41, 5.74) is 0.505. The Morgan fingerprint density at radius 2 is 1.76 bits per heavy atom. The van der Waals surface area contributed by atoms with Gasteiger partial charge in [-0.05, 0) is 31.2 Å². The van der Waals surface area contributed by atoms with Crippen molar-refractivity contribution in [1.29, 1.82) is 0 Å². The summed E-state index contributed by atoms with van der Waals surface area (Å²) in [6.45, 7) is 1.66. The smallest absolute Gasteiger partial charge is 0.254 e. The first kappa shape index (κ1) is 20.1. The largest absolute Gasteiger partial charge is 0.493 e. The second-order valence-electron chi connectivity index (χ2n) is 6.05. The van der Waals surface area contributed by atoms with Crippen LogP contribution in [0.25, 0.3) is 11.4 Å². The molecule has 2 aromatic carbocycles. The van der Waals surface area contributed by atoms with E-state index in [1.54, 1.807) is 25.1 Å². The summed E-state index contributed by atoms with van der Waals surface area (Å²) in [7, 11) is 4.51. The maximum absolute atomic E-state index is 13.8. The van der Waals surface area contributed by atoms with Crippen LogP contribution in [-0.4, -0.2) is 37.4 Å². The van der Waals surface area contributed by atoms with Crippen LogP contribution in [0.5, 0.6) is 17.2 Å². The molecule has 1 N–H and O–H groups in total. The summed E-state index contributed by atoms with van der Waals surface area (Å²) < 4.78 is 35.0. The zero-order valence-electron chi connectivity index (χ0n) is 16.4. The van der Waals surface area contributed by atoms with E-state index in [0.717, 1.165) is 0 Å². The van der Waals surface area contributed by atoms with E-state index in [2.05, 4.69) is 15.5 Å². The highest BCUT2D eigenvalue weighted by molar-refractivity contribution is 5.94. The highest BCUT2D eigenvalue weighted by Gasteiger charge is 2.21. The standard InChI is InChI=1S/C20H20FN3O5/c1-11(22-19(25)13-7-5-6-8-14(13)21)20-23-18(24-29-20)12-9-15(26-2)17(28-4)16(10-12)27-3/h5-11H,1-4H3,(H,22,25). The fourth-order valence-electron chi connectivity index (χ4n) is 2.72. The number of methoxy groups -OCH3 is 3. The van der Waals surface area contributed by atoms with Crippen molar-refractivity contribution >= 4 is 5.91 Å². The summed E-state index contributed by atoms with van der Waals surface area (Å²) >= 11 is 0. The molecular formula is C20H20FN3O5. The molecule has 1 aromatic heterocycles. The Kier molecular flexibility index (Phi) is 5.96. The van der Waals surface area contributed by atoms with Gasteiger partial charge < -0.3 is 24.1 Å². The van der Waals surface area contributed by atoms with E-state index in [1.807, 2.05) is 0 Å². The van der Waals surface area contributed by atoms with E-state index < -0.39 is 17.8 Å². The number of halogens is 1. The Morgan fingerprint density at radius 3 is 2.34 bits per heavy atom. The molecule has 152 valence electrons. The van der Waals surface area contributed by atoms with Gasteiger partial charge in [0.15, 0.2) is 11.5 Å². The van der Waals surface area contributed by atoms with Crippen LogP contribution in [0.15, 0.2) is 40.9 Å². The average molecular weight is 401 g/mol. The molecule has 0 spiro atoms. The lowest BCUT2D eigenvalue weighted by Gasteiger charge is -2.12. The Bertz CT molecular complexity index is 996. The molecule has 0 radical (unpaired) electrons. The zero-order chi connectivity index (χ0) is 21.0. The monoisotopic (exact) mass is 401 g/mol. The van der Waals surface area contributed by atoms with Gasteiger partial charge >= 0.3 is 0 Å². The molecule has 9 heteroatoms. The highest BCUT2D eigenvalue weighted by atomic mass is 19.1. The van der Waals surface area contributed by atoms with Gasteiger partial charge in [-0.15, -0.1) is 0 Å². The minimum atomic E-state index is -0.634. The van der Waals surface area contributed by atoms with Gasteiger partial charge in [-0.3, -0.25) is 4.79 Å². The van der Waals surface area contributed by atoms with Crippen molar-refractivity contribution in [3.8, 4) is 28.6 Å². The van der Waals surface area contributed by atoms with E-state index in [-0.39, 0.29) is 17.3 Å². The molecule has 0 saturated heterocycles. The van der Waals surface area contributed by atoms with E-state index in [1.165, 1.54) is 39.5 Å². The summed E-state index contributed by atoms with van der Waals surface area (Å²) in [5, 5.41) is 6.58. The third kappa shape index (κ3) is 4.13. The van der Waals surface area contributed by atoms with Gasteiger partial charge in [-0.2, -0.15) is 4.98 Å². The molecule has 0 saturated carbocycles. The average Bonchev–Trinajstić information content (AvgIpc) is 3.23. The summed E-state index contributed by atoms with van der Waals surface area (Å²) in [6, 6.07) is 8.43. The Morgan fingerprint density at radius 1 is 1.10 bits per heavy atom. The molecule has 1 amide bonds. The van der Waals surface area contributed by atoms with Gasteiger partial charge in [0.2, 0.25) is 17.5 Å². The first-order valence-corrected chi connectivity index (χ1v) is 8.67. The summed E-state index contributed by atoms with van der Waals surface area (Å²) in [4.78, 5) is 16.6. The van der Waals surface area contributed by atoms with Crippen molar-refractivity contribution in [2.75, 3.05) is 21.3 Å². The van der Waals surface area contributed by atoms with Crippen LogP contribution in [0.2, 0.25) is 0 Å². The molecule has 0 aliphatic rings. The van der Waals surface area contributed by atoms with Crippen molar-refractivity contribution < 1.29 is 27.9 Å². The van der Waals surface area contributed by atoms with Crippen molar-refractivity contribution in [3.05, 3.63) is 53.7 Å². The highest BCUT2D eigenvalue weighted by Crippen LogP contribution is 2.40.